The molecule has 3 rings (SSSR count). The third-order valence-electron chi connectivity index (χ3n) is 4.74. The van der Waals surface area contributed by atoms with Crippen LogP contribution in [-0.4, -0.2) is 40.5 Å². The van der Waals surface area contributed by atoms with Gasteiger partial charge in [0.05, 0.1) is 12.2 Å². The van der Waals surface area contributed by atoms with E-state index in [0.717, 1.165) is 44.8 Å². The van der Waals surface area contributed by atoms with Crippen molar-refractivity contribution in [1.29, 1.82) is 0 Å². The van der Waals surface area contributed by atoms with E-state index in [1.807, 2.05) is 4.68 Å². The van der Waals surface area contributed by atoms with Gasteiger partial charge in [0, 0.05) is 6.54 Å². The zero-order valence-corrected chi connectivity index (χ0v) is 13.8. The first kappa shape index (κ1) is 17.2. The molecule has 22 heavy (non-hydrogen) atoms. The highest BCUT2D eigenvalue weighted by Crippen LogP contribution is 2.26. The standard InChI is InChI=1S/C15H25N5O.ClH/c21-15(17-10-5-12-3-1-2-4-12)14-11-20(19-18-14)13-6-8-16-9-7-13;/h11-13,16H,1-10H2,(H,17,21);1H. The Balaban J connectivity index is 0.00000176. The molecule has 1 amide bonds. The van der Waals surface area contributed by atoms with Gasteiger partial charge in [-0.05, 0) is 38.3 Å². The highest BCUT2D eigenvalue weighted by atomic mass is 35.5. The number of piperidine rings is 1. The number of carbonyl (C=O) groups is 1. The Bertz CT molecular complexity index is 466. The Morgan fingerprint density at radius 2 is 2.00 bits per heavy atom. The molecule has 2 heterocycles. The monoisotopic (exact) mass is 327 g/mol. The highest BCUT2D eigenvalue weighted by molar-refractivity contribution is 5.91. The molecule has 2 fully saturated rings. The van der Waals surface area contributed by atoms with Gasteiger partial charge < -0.3 is 10.6 Å². The Morgan fingerprint density at radius 1 is 1.27 bits per heavy atom. The largest absolute Gasteiger partial charge is 0.351 e. The van der Waals surface area contributed by atoms with Crippen molar-refractivity contribution >= 4 is 18.3 Å². The number of nitrogens with one attached hydrogen (secondary N) is 2. The van der Waals surface area contributed by atoms with Gasteiger partial charge in [0.25, 0.3) is 5.91 Å². The van der Waals surface area contributed by atoms with Crippen LogP contribution in [0.5, 0.6) is 0 Å². The number of aromatic nitrogens is 3. The minimum absolute atomic E-state index is 0. The summed E-state index contributed by atoms with van der Waals surface area (Å²) in [4.78, 5) is 12.1. The Hall–Kier alpha value is -1.14. The average molecular weight is 328 g/mol. The number of nitrogens with zero attached hydrogens (tertiary/aromatic N) is 3. The molecule has 0 aromatic carbocycles. The van der Waals surface area contributed by atoms with Gasteiger partial charge in [-0.3, -0.25) is 4.79 Å². The van der Waals surface area contributed by atoms with E-state index in [1.54, 1.807) is 6.20 Å². The predicted molar refractivity (Wildman–Crippen MR) is 87.3 cm³/mol. The Labute approximate surface area is 137 Å². The van der Waals surface area contributed by atoms with Gasteiger partial charge in [-0.2, -0.15) is 0 Å². The number of hydrogen-bond donors (Lipinski definition) is 2. The first-order valence-corrected chi connectivity index (χ1v) is 8.23. The molecule has 1 saturated heterocycles. The number of halogens is 1. The van der Waals surface area contributed by atoms with Gasteiger partial charge in [0.1, 0.15) is 0 Å². The topological polar surface area (TPSA) is 71.8 Å². The molecule has 6 nitrogen and oxygen atoms in total. The van der Waals surface area contributed by atoms with Crippen LogP contribution < -0.4 is 10.6 Å². The van der Waals surface area contributed by atoms with Crippen LogP contribution in [0.15, 0.2) is 6.20 Å². The number of amides is 1. The molecule has 7 heteroatoms. The van der Waals surface area contributed by atoms with Gasteiger partial charge in [-0.1, -0.05) is 30.9 Å². The van der Waals surface area contributed by atoms with E-state index in [9.17, 15) is 4.79 Å². The van der Waals surface area contributed by atoms with Crippen molar-refractivity contribution in [3.63, 3.8) is 0 Å². The molecule has 2 aliphatic rings. The van der Waals surface area contributed by atoms with E-state index in [4.69, 9.17) is 0 Å². The molecule has 1 aliphatic carbocycles. The maximum Gasteiger partial charge on any atom is 0.273 e. The van der Waals surface area contributed by atoms with Crippen LogP contribution in [0.2, 0.25) is 0 Å². The van der Waals surface area contributed by atoms with Crippen LogP contribution >= 0.6 is 12.4 Å². The van der Waals surface area contributed by atoms with Crippen molar-refractivity contribution in [2.24, 2.45) is 5.92 Å². The van der Waals surface area contributed by atoms with Gasteiger partial charge >= 0.3 is 0 Å². The summed E-state index contributed by atoms with van der Waals surface area (Å²) in [5, 5.41) is 14.4. The molecule has 0 atom stereocenters. The van der Waals surface area contributed by atoms with Crippen LogP contribution in [0.4, 0.5) is 0 Å². The maximum atomic E-state index is 12.1. The summed E-state index contributed by atoms with van der Waals surface area (Å²) in [6, 6.07) is 0.374. The van der Waals surface area contributed by atoms with Crippen LogP contribution in [-0.2, 0) is 0 Å². The smallest absolute Gasteiger partial charge is 0.273 e. The quantitative estimate of drug-likeness (QED) is 0.867. The lowest BCUT2D eigenvalue weighted by Crippen LogP contribution is -2.29. The first-order chi connectivity index (χ1) is 10.3. The molecular formula is C15H26ClN5O. The van der Waals surface area contributed by atoms with Crippen molar-refractivity contribution < 1.29 is 4.79 Å². The number of carbonyl (C=O) groups excluding carboxylic acids is 1. The minimum Gasteiger partial charge on any atom is -0.351 e. The van der Waals surface area contributed by atoms with Crippen LogP contribution in [0.1, 0.15) is 61.5 Å². The lowest BCUT2D eigenvalue weighted by molar-refractivity contribution is 0.0946. The molecule has 2 N–H and O–H groups in total. The van der Waals surface area contributed by atoms with E-state index >= 15 is 0 Å². The summed E-state index contributed by atoms with van der Waals surface area (Å²) in [6.07, 6.45) is 10.3. The van der Waals surface area contributed by atoms with Crippen LogP contribution in [0, 0.1) is 5.92 Å². The molecule has 1 aromatic heterocycles. The fourth-order valence-electron chi connectivity index (χ4n) is 3.41. The summed E-state index contributed by atoms with van der Waals surface area (Å²) < 4.78 is 1.85. The number of rotatable bonds is 5. The molecule has 1 saturated carbocycles. The zero-order valence-electron chi connectivity index (χ0n) is 13.0. The van der Waals surface area contributed by atoms with Crippen molar-refractivity contribution in [3.05, 3.63) is 11.9 Å². The third-order valence-corrected chi connectivity index (χ3v) is 4.74. The summed E-state index contributed by atoms with van der Waals surface area (Å²) in [7, 11) is 0. The molecule has 0 bridgehead atoms. The van der Waals surface area contributed by atoms with E-state index in [1.165, 1.54) is 25.7 Å². The highest BCUT2D eigenvalue weighted by Gasteiger charge is 2.19. The molecule has 1 aromatic rings. The molecule has 124 valence electrons. The SMILES string of the molecule is Cl.O=C(NCCC1CCCC1)c1cn(C2CCNCC2)nn1. The van der Waals surface area contributed by atoms with E-state index < -0.39 is 0 Å². The van der Waals surface area contributed by atoms with Gasteiger partial charge in [-0.15, -0.1) is 17.5 Å². The van der Waals surface area contributed by atoms with Crippen LogP contribution in [0.3, 0.4) is 0 Å². The van der Waals surface area contributed by atoms with Gasteiger partial charge in [-0.25, -0.2) is 4.68 Å². The first-order valence-electron chi connectivity index (χ1n) is 8.23. The third kappa shape index (κ3) is 4.43. The van der Waals surface area contributed by atoms with Crippen molar-refractivity contribution in [2.45, 2.75) is 51.0 Å². The molecule has 0 radical (unpaired) electrons. The van der Waals surface area contributed by atoms with Crippen molar-refractivity contribution in [3.8, 4) is 0 Å². The fourth-order valence-corrected chi connectivity index (χ4v) is 3.41. The minimum atomic E-state index is -0.0896. The van der Waals surface area contributed by atoms with E-state index in [-0.39, 0.29) is 18.3 Å². The lowest BCUT2D eigenvalue weighted by atomic mass is 10.0. The van der Waals surface area contributed by atoms with Gasteiger partial charge in [0.15, 0.2) is 5.69 Å². The molecule has 0 unspecified atom stereocenters. The predicted octanol–water partition coefficient (Wildman–Crippen LogP) is 1.93. The van der Waals surface area contributed by atoms with E-state index in [2.05, 4.69) is 20.9 Å². The molecule has 0 spiro atoms. The van der Waals surface area contributed by atoms with E-state index in [0.29, 0.717) is 11.7 Å². The lowest BCUT2D eigenvalue weighted by Gasteiger charge is -2.22. The van der Waals surface area contributed by atoms with Crippen molar-refractivity contribution in [2.75, 3.05) is 19.6 Å². The van der Waals surface area contributed by atoms with Gasteiger partial charge in [0.2, 0.25) is 0 Å². The number of hydrogen-bond acceptors (Lipinski definition) is 4. The molecular weight excluding hydrogens is 302 g/mol. The summed E-state index contributed by atoms with van der Waals surface area (Å²) >= 11 is 0. The second kappa shape index (κ2) is 8.48. The Kier molecular flexibility index (Phi) is 6.64. The zero-order chi connectivity index (χ0) is 14.5. The summed E-state index contributed by atoms with van der Waals surface area (Å²) in [5.41, 5.74) is 0.444. The second-order valence-corrected chi connectivity index (χ2v) is 6.26. The summed E-state index contributed by atoms with van der Waals surface area (Å²) in [6.45, 7) is 2.77. The van der Waals surface area contributed by atoms with Crippen molar-refractivity contribution in [1.82, 2.24) is 25.6 Å². The maximum absolute atomic E-state index is 12.1. The molecule has 1 aliphatic heterocycles. The summed E-state index contributed by atoms with van der Waals surface area (Å²) in [5.74, 6) is 0.712. The van der Waals surface area contributed by atoms with Crippen LogP contribution in [0.25, 0.3) is 0 Å². The Morgan fingerprint density at radius 3 is 2.73 bits per heavy atom. The fraction of sp³-hybridized carbons (Fsp3) is 0.800. The second-order valence-electron chi connectivity index (χ2n) is 6.26. The normalized spacial score (nSPS) is 19.8. The average Bonchev–Trinajstić information content (AvgIpc) is 3.20.